The number of anilines is 1. The Morgan fingerprint density at radius 3 is 2.62 bits per heavy atom. The molecule has 5 nitrogen and oxygen atoms in total. The van der Waals surface area contributed by atoms with Crippen molar-refractivity contribution in [1.82, 2.24) is 10.6 Å². The third-order valence-corrected chi connectivity index (χ3v) is 4.54. The van der Waals surface area contributed by atoms with Crippen LogP contribution in [-0.2, 0) is 4.74 Å². The van der Waals surface area contributed by atoms with Gasteiger partial charge in [0.05, 0.1) is 5.60 Å². The standard InChI is InChI=1S/C18H30N4O.HI/c1-15(22(4)16-9-6-5-7-10-16)13-20-17(19-3)21-14-18(2)11-8-12-23-18;/h5-7,9-10,15H,8,11-14H2,1-4H3,(H2,19,20,21);1H. The van der Waals surface area contributed by atoms with Crippen molar-refractivity contribution in [3.63, 3.8) is 0 Å². The fourth-order valence-corrected chi connectivity index (χ4v) is 2.77. The van der Waals surface area contributed by atoms with Crippen molar-refractivity contribution in [1.29, 1.82) is 0 Å². The summed E-state index contributed by atoms with van der Waals surface area (Å²) < 4.78 is 5.80. The quantitative estimate of drug-likeness (QED) is 0.401. The molecule has 2 N–H and O–H groups in total. The molecule has 1 fully saturated rings. The molecule has 0 aliphatic carbocycles. The molecular formula is C18H31IN4O. The van der Waals surface area contributed by atoms with Crippen LogP contribution >= 0.6 is 24.0 Å². The molecule has 136 valence electrons. The molecule has 0 spiro atoms. The van der Waals surface area contributed by atoms with E-state index in [1.165, 1.54) is 5.69 Å². The van der Waals surface area contributed by atoms with Gasteiger partial charge in [-0.05, 0) is 38.8 Å². The van der Waals surface area contributed by atoms with E-state index in [0.29, 0.717) is 6.04 Å². The Labute approximate surface area is 163 Å². The van der Waals surface area contributed by atoms with Gasteiger partial charge in [0.2, 0.25) is 0 Å². The van der Waals surface area contributed by atoms with Crippen LogP contribution in [-0.4, -0.2) is 51.4 Å². The highest BCUT2D eigenvalue weighted by Crippen LogP contribution is 2.23. The van der Waals surface area contributed by atoms with Crippen LogP contribution in [0.1, 0.15) is 26.7 Å². The minimum atomic E-state index is -0.0654. The highest BCUT2D eigenvalue weighted by Gasteiger charge is 2.29. The van der Waals surface area contributed by atoms with E-state index < -0.39 is 0 Å². The van der Waals surface area contributed by atoms with Crippen molar-refractivity contribution in [3.8, 4) is 0 Å². The number of aliphatic imine (C=N–C) groups is 1. The first kappa shape index (κ1) is 21.0. The molecule has 1 aliphatic heterocycles. The van der Waals surface area contributed by atoms with Crippen molar-refractivity contribution in [2.75, 3.05) is 38.7 Å². The lowest BCUT2D eigenvalue weighted by atomic mass is 10.0. The molecule has 2 unspecified atom stereocenters. The summed E-state index contributed by atoms with van der Waals surface area (Å²) >= 11 is 0. The Hall–Kier alpha value is -1.02. The van der Waals surface area contributed by atoms with Crippen LogP contribution in [0.2, 0.25) is 0 Å². The van der Waals surface area contributed by atoms with Crippen molar-refractivity contribution in [3.05, 3.63) is 30.3 Å². The lowest BCUT2D eigenvalue weighted by Gasteiger charge is -2.29. The minimum Gasteiger partial charge on any atom is -0.373 e. The normalized spacial score (nSPS) is 21.8. The van der Waals surface area contributed by atoms with Gasteiger partial charge in [0, 0.05) is 45.5 Å². The Morgan fingerprint density at radius 1 is 1.33 bits per heavy atom. The molecule has 0 radical (unpaired) electrons. The minimum absolute atomic E-state index is 0. The van der Waals surface area contributed by atoms with Gasteiger partial charge in [-0.3, -0.25) is 4.99 Å². The third kappa shape index (κ3) is 6.12. The van der Waals surface area contributed by atoms with Crippen LogP contribution in [0.5, 0.6) is 0 Å². The molecule has 0 saturated carbocycles. The maximum Gasteiger partial charge on any atom is 0.191 e. The Kier molecular flexibility index (Phi) is 8.83. The van der Waals surface area contributed by atoms with Crippen LogP contribution in [0.15, 0.2) is 35.3 Å². The average Bonchev–Trinajstić information content (AvgIpc) is 3.01. The van der Waals surface area contributed by atoms with E-state index in [1.54, 1.807) is 7.05 Å². The smallest absolute Gasteiger partial charge is 0.191 e. The molecule has 1 heterocycles. The fourth-order valence-electron chi connectivity index (χ4n) is 2.77. The molecule has 2 atom stereocenters. The van der Waals surface area contributed by atoms with Crippen molar-refractivity contribution < 1.29 is 4.74 Å². The first-order valence-corrected chi connectivity index (χ1v) is 8.40. The number of guanidine groups is 1. The largest absolute Gasteiger partial charge is 0.373 e. The predicted molar refractivity (Wildman–Crippen MR) is 113 cm³/mol. The van der Waals surface area contributed by atoms with Gasteiger partial charge < -0.3 is 20.3 Å². The molecule has 1 aromatic rings. The molecule has 1 aliphatic rings. The summed E-state index contributed by atoms with van der Waals surface area (Å²) in [5.74, 6) is 0.829. The van der Waals surface area contributed by atoms with Crippen LogP contribution in [0, 0.1) is 0 Å². The number of benzene rings is 1. The number of likely N-dealkylation sites (N-methyl/N-ethyl adjacent to an activating group) is 1. The molecule has 6 heteroatoms. The molecule has 24 heavy (non-hydrogen) atoms. The molecule has 0 aromatic heterocycles. The number of hydrogen-bond acceptors (Lipinski definition) is 3. The first-order chi connectivity index (χ1) is 11.0. The number of hydrogen-bond donors (Lipinski definition) is 2. The van der Waals surface area contributed by atoms with Crippen molar-refractivity contribution in [2.45, 2.75) is 38.3 Å². The van der Waals surface area contributed by atoms with Gasteiger partial charge in [-0.15, -0.1) is 24.0 Å². The zero-order chi connectivity index (χ0) is 16.7. The summed E-state index contributed by atoms with van der Waals surface area (Å²) in [4.78, 5) is 6.57. The second kappa shape index (κ2) is 10.1. The van der Waals surface area contributed by atoms with E-state index in [2.05, 4.69) is 65.7 Å². The topological polar surface area (TPSA) is 48.9 Å². The van der Waals surface area contributed by atoms with Crippen LogP contribution in [0.4, 0.5) is 5.69 Å². The molecule has 1 saturated heterocycles. The van der Waals surface area contributed by atoms with E-state index in [9.17, 15) is 0 Å². The summed E-state index contributed by atoms with van der Waals surface area (Å²) in [6.45, 7) is 6.84. The number of nitrogens with one attached hydrogen (secondary N) is 2. The fraction of sp³-hybridized carbons (Fsp3) is 0.611. The van der Waals surface area contributed by atoms with Gasteiger partial charge in [-0.25, -0.2) is 0 Å². The van der Waals surface area contributed by atoms with E-state index in [1.807, 2.05) is 6.07 Å². The molecule has 2 rings (SSSR count). The second-order valence-corrected chi connectivity index (χ2v) is 6.50. The molecule has 0 amide bonds. The van der Waals surface area contributed by atoms with Gasteiger partial charge in [-0.1, -0.05) is 18.2 Å². The zero-order valence-electron chi connectivity index (χ0n) is 15.2. The number of rotatable bonds is 6. The van der Waals surface area contributed by atoms with Crippen molar-refractivity contribution in [2.24, 2.45) is 4.99 Å². The highest BCUT2D eigenvalue weighted by molar-refractivity contribution is 14.0. The van der Waals surface area contributed by atoms with E-state index in [-0.39, 0.29) is 29.6 Å². The summed E-state index contributed by atoms with van der Waals surface area (Å²) in [5.41, 5.74) is 1.15. The number of ether oxygens (including phenoxy) is 1. The number of nitrogens with zero attached hydrogens (tertiary/aromatic N) is 2. The van der Waals surface area contributed by atoms with Crippen LogP contribution in [0.3, 0.4) is 0 Å². The SMILES string of the molecule is CN=C(NCC(C)N(C)c1ccccc1)NCC1(C)CCCO1.I. The Morgan fingerprint density at radius 2 is 2.04 bits per heavy atom. The third-order valence-electron chi connectivity index (χ3n) is 4.54. The van der Waals surface area contributed by atoms with E-state index >= 15 is 0 Å². The van der Waals surface area contributed by atoms with Crippen LogP contribution < -0.4 is 15.5 Å². The average molecular weight is 446 g/mol. The summed E-state index contributed by atoms with van der Waals surface area (Å²) in [7, 11) is 3.92. The predicted octanol–water partition coefficient (Wildman–Crippen LogP) is 2.86. The van der Waals surface area contributed by atoms with E-state index in [0.717, 1.165) is 38.5 Å². The van der Waals surface area contributed by atoms with E-state index in [4.69, 9.17) is 4.74 Å². The Bertz CT molecular complexity index is 503. The van der Waals surface area contributed by atoms with Gasteiger partial charge in [0.15, 0.2) is 5.96 Å². The zero-order valence-corrected chi connectivity index (χ0v) is 17.5. The van der Waals surface area contributed by atoms with Gasteiger partial charge in [-0.2, -0.15) is 0 Å². The monoisotopic (exact) mass is 446 g/mol. The maximum atomic E-state index is 5.80. The summed E-state index contributed by atoms with van der Waals surface area (Å²) in [6, 6.07) is 10.8. The first-order valence-electron chi connectivity index (χ1n) is 8.40. The Balaban J connectivity index is 0.00000288. The lowest BCUT2D eigenvalue weighted by Crippen LogP contribution is -2.48. The second-order valence-electron chi connectivity index (χ2n) is 6.50. The molecular weight excluding hydrogens is 415 g/mol. The summed E-state index contributed by atoms with van der Waals surface area (Å²) in [6.07, 6.45) is 2.24. The number of halogens is 1. The number of para-hydroxylation sites is 1. The van der Waals surface area contributed by atoms with Gasteiger partial charge in [0.1, 0.15) is 0 Å². The van der Waals surface area contributed by atoms with Gasteiger partial charge >= 0.3 is 0 Å². The summed E-state index contributed by atoms with van der Waals surface area (Å²) in [5, 5.41) is 6.78. The lowest BCUT2D eigenvalue weighted by molar-refractivity contribution is 0.0243. The van der Waals surface area contributed by atoms with Crippen molar-refractivity contribution >= 4 is 35.6 Å². The van der Waals surface area contributed by atoms with Gasteiger partial charge in [0.25, 0.3) is 0 Å². The highest BCUT2D eigenvalue weighted by atomic mass is 127. The molecule has 0 bridgehead atoms. The molecule has 1 aromatic carbocycles. The van der Waals surface area contributed by atoms with Crippen LogP contribution in [0.25, 0.3) is 0 Å². The maximum absolute atomic E-state index is 5.80.